The van der Waals surface area contributed by atoms with Crippen molar-refractivity contribution in [3.8, 4) is 0 Å². The molecule has 2 heterocycles. The first-order valence-corrected chi connectivity index (χ1v) is 5.25. The minimum atomic E-state index is 0.297. The molecule has 0 unspecified atom stereocenters. The van der Waals surface area contributed by atoms with Crippen LogP contribution in [-0.4, -0.2) is 34.5 Å². The van der Waals surface area contributed by atoms with Crippen LogP contribution in [0.4, 0.5) is 5.82 Å². The average Bonchev–Trinajstić information content (AvgIpc) is 2.46. The maximum absolute atomic E-state index is 10.4. The third-order valence-corrected chi connectivity index (χ3v) is 2.16. The number of rotatable bonds is 4. The molecule has 0 bridgehead atoms. The summed E-state index contributed by atoms with van der Waals surface area (Å²) in [5.41, 5.74) is 0.869. The number of aromatic nitrogens is 3. The molecule has 0 radical (unpaired) electrons. The standard InChI is InChI=1S/C12H11N5O/c1-17(12-4-2-3-5-13-12)16-8-10-6-15-11(9-18)7-14-10/h2-9H,1H3/b16-8+. The molecule has 2 aromatic heterocycles. The van der Waals surface area contributed by atoms with E-state index in [1.807, 2.05) is 18.2 Å². The topological polar surface area (TPSA) is 71.3 Å². The smallest absolute Gasteiger partial charge is 0.170 e. The molecule has 18 heavy (non-hydrogen) atoms. The Balaban J connectivity index is 2.08. The van der Waals surface area contributed by atoms with Gasteiger partial charge in [-0.1, -0.05) is 6.07 Å². The summed E-state index contributed by atoms with van der Waals surface area (Å²) < 4.78 is 0. The largest absolute Gasteiger partial charge is 0.296 e. The van der Waals surface area contributed by atoms with Crippen LogP contribution >= 0.6 is 0 Å². The number of pyridine rings is 1. The van der Waals surface area contributed by atoms with E-state index in [2.05, 4.69) is 20.1 Å². The molecule has 0 saturated carbocycles. The molecule has 0 fully saturated rings. The molecule has 0 aliphatic carbocycles. The molecule has 2 aromatic rings. The zero-order valence-electron chi connectivity index (χ0n) is 9.76. The fourth-order valence-corrected chi connectivity index (χ4v) is 1.23. The zero-order chi connectivity index (χ0) is 12.8. The van der Waals surface area contributed by atoms with Crippen molar-refractivity contribution in [2.24, 2.45) is 5.10 Å². The van der Waals surface area contributed by atoms with Gasteiger partial charge < -0.3 is 0 Å². The van der Waals surface area contributed by atoms with Crippen LogP contribution in [0.15, 0.2) is 41.9 Å². The average molecular weight is 241 g/mol. The molecular weight excluding hydrogens is 230 g/mol. The van der Waals surface area contributed by atoms with Gasteiger partial charge in [0.25, 0.3) is 0 Å². The van der Waals surface area contributed by atoms with Gasteiger partial charge in [-0.05, 0) is 12.1 Å². The number of carbonyl (C=O) groups is 1. The molecular formula is C12H11N5O. The lowest BCUT2D eigenvalue weighted by Crippen LogP contribution is -2.10. The van der Waals surface area contributed by atoms with Gasteiger partial charge in [-0.15, -0.1) is 0 Å². The Hall–Kier alpha value is -2.63. The van der Waals surface area contributed by atoms with Crippen molar-refractivity contribution in [3.63, 3.8) is 0 Å². The third kappa shape index (κ3) is 2.94. The number of anilines is 1. The van der Waals surface area contributed by atoms with Crippen LogP contribution in [0.5, 0.6) is 0 Å². The van der Waals surface area contributed by atoms with Gasteiger partial charge in [0.2, 0.25) is 0 Å². The predicted octanol–water partition coefficient (Wildman–Crippen LogP) is 1.15. The van der Waals surface area contributed by atoms with Crippen molar-refractivity contribution >= 4 is 18.3 Å². The van der Waals surface area contributed by atoms with Crippen molar-refractivity contribution in [1.29, 1.82) is 0 Å². The first-order valence-electron chi connectivity index (χ1n) is 5.25. The Morgan fingerprint density at radius 3 is 2.56 bits per heavy atom. The quantitative estimate of drug-likeness (QED) is 0.456. The van der Waals surface area contributed by atoms with E-state index in [1.165, 1.54) is 12.4 Å². The summed E-state index contributed by atoms with van der Waals surface area (Å²) in [5, 5.41) is 5.80. The highest BCUT2D eigenvalue weighted by molar-refractivity contribution is 5.78. The van der Waals surface area contributed by atoms with Gasteiger partial charge in [0.05, 0.1) is 18.6 Å². The van der Waals surface area contributed by atoms with Gasteiger partial charge in [-0.25, -0.2) is 9.97 Å². The molecule has 0 atom stereocenters. The second-order valence-electron chi connectivity index (χ2n) is 3.44. The van der Waals surface area contributed by atoms with E-state index >= 15 is 0 Å². The van der Waals surface area contributed by atoms with Gasteiger partial charge in [0, 0.05) is 13.2 Å². The maximum atomic E-state index is 10.4. The van der Waals surface area contributed by atoms with E-state index in [1.54, 1.807) is 24.5 Å². The zero-order valence-corrected chi connectivity index (χ0v) is 9.76. The molecule has 6 heteroatoms. The van der Waals surface area contributed by atoms with Crippen LogP contribution in [0.2, 0.25) is 0 Å². The van der Waals surface area contributed by atoms with E-state index in [9.17, 15) is 4.79 Å². The number of aldehydes is 1. The van der Waals surface area contributed by atoms with Crippen LogP contribution < -0.4 is 5.01 Å². The van der Waals surface area contributed by atoms with Crippen molar-refractivity contribution in [3.05, 3.63) is 48.2 Å². The monoisotopic (exact) mass is 241 g/mol. The molecule has 90 valence electrons. The fraction of sp³-hybridized carbons (Fsp3) is 0.0833. The van der Waals surface area contributed by atoms with Gasteiger partial charge in [-0.3, -0.25) is 14.8 Å². The second kappa shape index (κ2) is 5.62. The first kappa shape index (κ1) is 11.8. The molecule has 0 aliphatic heterocycles. The summed E-state index contributed by atoms with van der Waals surface area (Å²) in [6.45, 7) is 0. The molecule has 0 N–H and O–H groups in total. The molecule has 0 aliphatic rings. The van der Waals surface area contributed by atoms with Gasteiger partial charge in [0.1, 0.15) is 17.2 Å². The van der Waals surface area contributed by atoms with E-state index in [0.717, 1.165) is 5.82 Å². The number of nitrogens with zero attached hydrogens (tertiary/aromatic N) is 5. The number of hydrazone groups is 1. The molecule has 6 nitrogen and oxygen atoms in total. The van der Waals surface area contributed by atoms with Crippen LogP contribution in [0.25, 0.3) is 0 Å². The number of hydrogen-bond acceptors (Lipinski definition) is 6. The Morgan fingerprint density at radius 1 is 1.17 bits per heavy atom. The SMILES string of the molecule is CN(/N=C/c1cnc(C=O)cn1)c1ccccn1. The summed E-state index contributed by atoms with van der Waals surface area (Å²) >= 11 is 0. The van der Waals surface area contributed by atoms with Crippen LogP contribution in [-0.2, 0) is 0 Å². The summed E-state index contributed by atoms with van der Waals surface area (Å²) in [4.78, 5) is 22.5. The maximum Gasteiger partial charge on any atom is 0.170 e. The Labute approximate surface area is 104 Å². The normalized spacial score (nSPS) is 10.5. The minimum Gasteiger partial charge on any atom is -0.296 e. The first-order chi connectivity index (χ1) is 8.79. The number of carbonyl (C=O) groups excluding carboxylic acids is 1. The lowest BCUT2D eigenvalue weighted by atomic mass is 10.4. The summed E-state index contributed by atoms with van der Waals surface area (Å²) in [7, 11) is 1.78. The predicted molar refractivity (Wildman–Crippen MR) is 67.7 cm³/mol. The van der Waals surface area contributed by atoms with Crippen LogP contribution in [0.3, 0.4) is 0 Å². The highest BCUT2D eigenvalue weighted by Crippen LogP contribution is 2.06. The number of hydrogen-bond donors (Lipinski definition) is 0. The lowest BCUT2D eigenvalue weighted by molar-refractivity contribution is 0.111. The molecule has 0 spiro atoms. The van der Waals surface area contributed by atoms with Crippen molar-refractivity contribution in [1.82, 2.24) is 15.0 Å². The summed E-state index contributed by atoms with van der Waals surface area (Å²) in [6.07, 6.45) is 6.78. The fourth-order valence-electron chi connectivity index (χ4n) is 1.23. The minimum absolute atomic E-state index is 0.297. The van der Waals surface area contributed by atoms with Gasteiger partial charge in [-0.2, -0.15) is 5.10 Å². The highest BCUT2D eigenvalue weighted by Gasteiger charge is 1.98. The Kier molecular flexibility index (Phi) is 3.70. The van der Waals surface area contributed by atoms with E-state index < -0.39 is 0 Å². The van der Waals surface area contributed by atoms with E-state index in [-0.39, 0.29) is 0 Å². The molecule has 2 rings (SSSR count). The second-order valence-corrected chi connectivity index (χ2v) is 3.44. The Bertz CT molecular complexity index is 538. The molecule has 0 saturated heterocycles. The third-order valence-electron chi connectivity index (χ3n) is 2.16. The van der Waals surface area contributed by atoms with Crippen molar-refractivity contribution in [2.45, 2.75) is 0 Å². The highest BCUT2D eigenvalue weighted by atomic mass is 16.1. The Morgan fingerprint density at radius 2 is 1.94 bits per heavy atom. The van der Waals surface area contributed by atoms with Crippen LogP contribution in [0.1, 0.15) is 16.2 Å². The molecule has 0 amide bonds. The summed E-state index contributed by atoms with van der Waals surface area (Å²) in [5.74, 6) is 0.728. The van der Waals surface area contributed by atoms with E-state index in [4.69, 9.17) is 0 Å². The van der Waals surface area contributed by atoms with E-state index in [0.29, 0.717) is 17.7 Å². The van der Waals surface area contributed by atoms with Gasteiger partial charge in [0.15, 0.2) is 6.29 Å². The van der Waals surface area contributed by atoms with Crippen LogP contribution in [0, 0.1) is 0 Å². The van der Waals surface area contributed by atoms with Crippen molar-refractivity contribution < 1.29 is 4.79 Å². The molecule has 0 aromatic carbocycles. The lowest BCUT2D eigenvalue weighted by Gasteiger charge is -2.10. The van der Waals surface area contributed by atoms with Crippen molar-refractivity contribution in [2.75, 3.05) is 12.1 Å². The summed E-state index contributed by atoms with van der Waals surface area (Å²) in [6, 6.07) is 5.57. The van der Waals surface area contributed by atoms with Gasteiger partial charge >= 0.3 is 0 Å².